The first kappa shape index (κ1) is 18.0. The number of carbonyl (C=O) groups is 1. The zero-order chi connectivity index (χ0) is 20.5. The number of nitrogens with one attached hydrogen (secondary N) is 1. The van der Waals surface area contributed by atoms with Gasteiger partial charge >= 0.3 is 0 Å². The smallest absolute Gasteiger partial charge is 0.275 e. The molecule has 30 heavy (non-hydrogen) atoms. The number of benzene rings is 1. The maximum Gasteiger partial charge on any atom is 0.275 e. The summed E-state index contributed by atoms with van der Waals surface area (Å²) in [6.07, 6.45) is 6.23. The van der Waals surface area contributed by atoms with Crippen LogP contribution in [0.2, 0.25) is 0 Å². The minimum absolute atomic E-state index is 0.133. The Labute approximate surface area is 171 Å². The number of fused-ring (bicyclic) bond motifs is 3. The Hall–Kier alpha value is -4.01. The number of halogens is 1. The van der Waals surface area contributed by atoms with Crippen LogP contribution in [-0.2, 0) is 6.54 Å². The van der Waals surface area contributed by atoms with E-state index >= 15 is 0 Å². The van der Waals surface area contributed by atoms with Gasteiger partial charge in [-0.05, 0) is 17.7 Å². The number of imidazole rings is 1. The summed E-state index contributed by atoms with van der Waals surface area (Å²) in [5.74, 6) is 0.379. The molecular weight excluding hydrogens is 387 g/mol. The van der Waals surface area contributed by atoms with Gasteiger partial charge in [0, 0.05) is 18.6 Å². The van der Waals surface area contributed by atoms with Gasteiger partial charge in [-0.2, -0.15) is 5.10 Å². The molecule has 0 aliphatic carbocycles. The number of hydrogen-bond acceptors (Lipinski definition) is 5. The molecule has 1 amide bonds. The Kier molecular flexibility index (Phi) is 4.47. The van der Waals surface area contributed by atoms with E-state index in [1.807, 2.05) is 30.3 Å². The highest BCUT2D eigenvalue weighted by Gasteiger charge is 2.28. The molecule has 1 aliphatic rings. The summed E-state index contributed by atoms with van der Waals surface area (Å²) in [6, 6.07) is 12.5. The molecule has 0 radical (unpaired) electrons. The monoisotopic (exact) mass is 404 g/mol. The van der Waals surface area contributed by atoms with Gasteiger partial charge in [0.25, 0.3) is 5.91 Å². The Morgan fingerprint density at radius 1 is 1.17 bits per heavy atom. The fourth-order valence-corrected chi connectivity index (χ4v) is 3.41. The van der Waals surface area contributed by atoms with E-state index in [0.29, 0.717) is 23.9 Å². The Morgan fingerprint density at radius 3 is 2.90 bits per heavy atom. The fraction of sp³-hybridized carbons (Fsp3) is 0.143. The summed E-state index contributed by atoms with van der Waals surface area (Å²) in [6.45, 7) is 0.497. The minimum Gasteiger partial charge on any atom is -0.487 e. The third kappa shape index (κ3) is 3.30. The van der Waals surface area contributed by atoms with Crippen molar-refractivity contribution in [2.24, 2.45) is 0 Å². The van der Waals surface area contributed by atoms with E-state index < -0.39 is 17.8 Å². The first-order valence-corrected chi connectivity index (χ1v) is 9.38. The predicted octanol–water partition coefficient (Wildman–Crippen LogP) is 2.51. The third-order valence-corrected chi connectivity index (χ3v) is 4.79. The second-order valence-electron chi connectivity index (χ2n) is 6.83. The molecule has 1 atom stereocenters. The number of aromatic nitrogens is 5. The zero-order valence-electron chi connectivity index (χ0n) is 15.8. The lowest BCUT2D eigenvalue weighted by Crippen LogP contribution is -2.34. The fourth-order valence-electron chi connectivity index (χ4n) is 3.41. The van der Waals surface area contributed by atoms with Gasteiger partial charge in [0.1, 0.15) is 18.5 Å². The first-order chi connectivity index (χ1) is 14.7. The lowest BCUT2D eigenvalue weighted by molar-refractivity contribution is 0.0910. The van der Waals surface area contributed by atoms with Crippen molar-refractivity contribution < 1.29 is 13.9 Å². The number of rotatable bonds is 4. The van der Waals surface area contributed by atoms with Gasteiger partial charge < -0.3 is 10.1 Å². The average molecular weight is 404 g/mol. The molecular formula is C21H17FN6O2. The van der Waals surface area contributed by atoms with Crippen LogP contribution in [0.4, 0.5) is 4.39 Å². The molecule has 0 saturated carbocycles. The molecule has 0 fully saturated rings. The van der Waals surface area contributed by atoms with Gasteiger partial charge in [-0.25, -0.2) is 14.4 Å². The second kappa shape index (κ2) is 7.43. The normalized spacial score (nSPS) is 14.9. The Bertz CT molecular complexity index is 1200. The predicted molar refractivity (Wildman–Crippen MR) is 105 cm³/mol. The molecule has 9 heteroatoms. The van der Waals surface area contributed by atoms with Crippen LogP contribution in [0, 0.1) is 5.82 Å². The number of hydrogen-bond donors (Lipinski definition) is 1. The van der Waals surface area contributed by atoms with E-state index in [1.165, 1.54) is 10.9 Å². The topological polar surface area (TPSA) is 86.9 Å². The van der Waals surface area contributed by atoms with E-state index in [2.05, 4.69) is 20.4 Å². The van der Waals surface area contributed by atoms with Gasteiger partial charge in [-0.3, -0.25) is 14.0 Å². The molecule has 0 bridgehead atoms. The zero-order valence-corrected chi connectivity index (χ0v) is 15.8. The molecule has 3 aromatic heterocycles. The Morgan fingerprint density at radius 2 is 2.03 bits per heavy atom. The largest absolute Gasteiger partial charge is 0.487 e. The summed E-state index contributed by atoms with van der Waals surface area (Å²) in [5.41, 5.74) is 0.681. The van der Waals surface area contributed by atoms with Crippen molar-refractivity contribution in [2.45, 2.75) is 12.6 Å². The van der Waals surface area contributed by atoms with Crippen molar-refractivity contribution in [3.8, 4) is 11.6 Å². The van der Waals surface area contributed by atoms with Crippen LogP contribution in [0.1, 0.15) is 27.9 Å². The SMILES string of the molecule is O=C(N[C@H]1COc2cccnc2-n2ccnc21)c1nn(Cc2ccccc2)cc1F. The van der Waals surface area contributed by atoms with Gasteiger partial charge in [-0.1, -0.05) is 30.3 Å². The van der Waals surface area contributed by atoms with E-state index in [1.54, 1.807) is 35.3 Å². The van der Waals surface area contributed by atoms with Crippen molar-refractivity contribution in [2.75, 3.05) is 6.61 Å². The van der Waals surface area contributed by atoms with Gasteiger partial charge in [-0.15, -0.1) is 0 Å². The standard InChI is InChI=1S/C21H17FN6O2/c22-15-12-27(11-14-5-2-1-3-6-14)26-18(15)21(29)25-16-13-30-17-7-4-8-23-20(17)28-10-9-24-19(16)28/h1-10,12,16H,11,13H2,(H,25,29)/t16-/m0/s1. The number of nitrogens with zero attached hydrogens (tertiary/aromatic N) is 5. The Balaban J connectivity index is 1.38. The van der Waals surface area contributed by atoms with Crippen molar-refractivity contribution in [1.29, 1.82) is 0 Å². The molecule has 0 spiro atoms. The van der Waals surface area contributed by atoms with E-state index in [4.69, 9.17) is 4.74 Å². The number of pyridine rings is 1. The molecule has 0 saturated heterocycles. The first-order valence-electron chi connectivity index (χ1n) is 9.38. The van der Waals surface area contributed by atoms with Gasteiger partial charge in [0.2, 0.25) is 0 Å². The highest BCUT2D eigenvalue weighted by Crippen LogP contribution is 2.28. The summed E-state index contributed by atoms with van der Waals surface area (Å²) in [7, 11) is 0. The highest BCUT2D eigenvalue weighted by atomic mass is 19.1. The van der Waals surface area contributed by atoms with Crippen LogP contribution in [-0.4, -0.2) is 36.8 Å². The van der Waals surface area contributed by atoms with Crippen molar-refractivity contribution in [3.63, 3.8) is 0 Å². The van der Waals surface area contributed by atoms with Crippen molar-refractivity contribution >= 4 is 5.91 Å². The summed E-state index contributed by atoms with van der Waals surface area (Å²) >= 11 is 0. The molecule has 1 aromatic carbocycles. The molecule has 8 nitrogen and oxygen atoms in total. The van der Waals surface area contributed by atoms with E-state index in [9.17, 15) is 9.18 Å². The highest BCUT2D eigenvalue weighted by molar-refractivity contribution is 5.92. The summed E-state index contributed by atoms with van der Waals surface area (Å²) in [4.78, 5) is 21.4. The number of amides is 1. The number of ether oxygens (including phenoxy) is 1. The van der Waals surface area contributed by atoms with Crippen molar-refractivity contribution in [1.82, 2.24) is 29.6 Å². The van der Waals surface area contributed by atoms with Gasteiger partial charge in [0.05, 0.1) is 12.7 Å². The lowest BCUT2D eigenvalue weighted by atomic mass is 10.2. The average Bonchev–Trinajstić information content (AvgIpc) is 3.35. The van der Waals surface area contributed by atoms with Crippen LogP contribution >= 0.6 is 0 Å². The molecule has 0 unspecified atom stereocenters. The van der Waals surface area contributed by atoms with Crippen molar-refractivity contribution in [3.05, 3.63) is 90.2 Å². The van der Waals surface area contributed by atoms with Gasteiger partial charge in [0.15, 0.2) is 23.1 Å². The molecule has 4 aromatic rings. The van der Waals surface area contributed by atoms with Crippen LogP contribution in [0.5, 0.6) is 5.75 Å². The number of carbonyl (C=O) groups excluding carboxylic acids is 1. The summed E-state index contributed by atoms with van der Waals surface area (Å²) < 4.78 is 23.4. The van der Waals surface area contributed by atoms with Crippen LogP contribution in [0.15, 0.2) is 67.3 Å². The van der Waals surface area contributed by atoms with E-state index in [-0.39, 0.29) is 12.3 Å². The second-order valence-corrected chi connectivity index (χ2v) is 6.83. The molecule has 4 heterocycles. The van der Waals surface area contributed by atoms with Crippen LogP contribution in [0.3, 0.4) is 0 Å². The minimum atomic E-state index is -0.689. The molecule has 150 valence electrons. The summed E-state index contributed by atoms with van der Waals surface area (Å²) in [5, 5.41) is 6.91. The van der Waals surface area contributed by atoms with E-state index in [0.717, 1.165) is 5.56 Å². The maximum absolute atomic E-state index is 14.4. The molecule has 1 N–H and O–H groups in total. The van der Waals surface area contributed by atoms with Crippen LogP contribution in [0.25, 0.3) is 5.82 Å². The molecule has 1 aliphatic heterocycles. The quantitative estimate of drug-likeness (QED) is 0.565. The van der Waals surface area contributed by atoms with Crippen LogP contribution < -0.4 is 10.1 Å². The maximum atomic E-state index is 14.4. The lowest BCUT2D eigenvalue weighted by Gasteiger charge is -2.15. The third-order valence-electron chi connectivity index (χ3n) is 4.79. The molecule has 5 rings (SSSR count).